The quantitative estimate of drug-likeness (QED) is 0.414. The summed E-state index contributed by atoms with van der Waals surface area (Å²) in [5.74, 6) is 1.06. The largest absolute Gasteiger partial charge is 0.469 e. The number of ether oxygens (including phenoxy) is 2. The second-order valence-electron chi connectivity index (χ2n) is 12.8. The number of fused-ring (bicyclic) bond motifs is 2. The van der Waals surface area contributed by atoms with E-state index in [0.717, 1.165) is 44.2 Å². The molecule has 7 rings (SSSR count). The third-order valence-corrected chi connectivity index (χ3v) is 12.2. The van der Waals surface area contributed by atoms with E-state index in [9.17, 15) is 9.59 Å². The number of methoxy groups -OCH3 is 2. The molecule has 0 radical (unpaired) electrons. The van der Waals surface area contributed by atoms with Crippen LogP contribution in [0.25, 0.3) is 0 Å². The highest BCUT2D eigenvalue weighted by molar-refractivity contribution is 7.05. The zero-order valence-corrected chi connectivity index (χ0v) is 22.7. The molecule has 0 saturated heterocycles. The molecule has 3 saturated carbocycles. The van der Waals surface area contributed by atoms with Gasteiger partial charge in [0.05, 0.1) is 35.6 Å². The minimum atomic E-state index is -0.583. The Balaban J connectivity index is 1.56. The molecular formula is C28H38N2O4S. The fraction of sp³-hybridized carbons (Fsp3) is 0.786. The summed E-state index contributed by atoms with van der Waals surface area (Å²) in [7, 11) is 3.08. The third-order valence-electron chi connectivity index (χ3n) is 11.5. The van der Waals surface area contributed by atoms with Crippen LogP contribution in [0.3, 0.4) is 0 Å². The molecule has 6 aliphatic rings. The molecule has 0 N–H and O–H groups in total. The first-order valence-electron chi connectivity index (χ1n) is 13.3. The van der Waals surface area contributed by atoms with Gasteiger partial charge in [-0.3, -0.25) is 9.59 Å². The summed E-state index contributed by atoms with van der Waals surface area (Å²) in [6.07, 6.45) is 9.26. The van der Waals surface area contributed by atoms with Gasteiger partial charge < -0.3 is 9.47 Å². The molecule has 8 atom stereocenters. The zero-order chi connectivity index (χ0) is 25.0. The summed E-state index contributed by atoms with van der Waals surface area (Å²) >= 11 is 1.46. The maximum absolute atomic E-state index is 13.8. The first-order chi connectivity index (χ1) is 16.6. The molecule has 0 aliphatic heterocycles. The van der Waals surface area contributed by atoms with Gasteiger partial charge >= 0.3 is 11.9 Å². The Hall–Kier alpha value is -1.76. The van der Waals surface area contributed by atoms with E-state index in [4.69, 9.17) is 9.47 Å². The van der Waals surface area contributed by atoms with E-state index in [1.807, 2.05) is 0 Å². The van der Waals surface area contributed by atoms with E-state index >= 15 is 0 Å². The van der Waals surface area contributed by atoms with Crippen LogP contribution in [0.15, 0.2) is 11.6 Å². The molecule has 1 heterocycles. The number of carbonyl (C=O) groups excluding carboxylic acids is 2. The van der Waals surface area contributed by atoms with Crippen molar-refractivity contribution in [3.63, 3.8) is 0 Å². The van der Waals surface area contributed by atoms with E-state index in [1.165, 1.54) is 29.1 Å². The van der Waals surface area contributed by atoms with Gasteiger partial charge in [0.1, 0.15) is 0 Å². The summed E-state index contributed by atoms with van der Waals surface area (Å²) in [4.78, 5) is 28.1. The summed E-state index contributed by atoms with van der Waals surface area (Å²) in [6, 6.07) is 0. The molecule has 6 nitrogen and oxygen atoms in total. The van der Waals surface area contributed by atoms with Crippen molar-refractivity contribution in [1.29, 1.82) is 0 Å². The van der Waals surface area contributed by atoms with Crippen LogP contribution in [0.5, 0.6) is 0 Å². The van der Waals surface area contributed by atoms with Crippen molar-refractivity contribution in [2.75, 3.05) is 14.2 Å². The Kier molecular flexibility index (Phi) is 4.99. The SMILES string of the molecule is COC(=O)[C@]12Cc3snnc3[C@H]1[C@@]13C=C(C(C)C)[C@@H]2C[C@@H]1[C@@]1(C)CCC[C@@](C)(C(=O)OC)[C@@H]1CC3. The van der Waals surface area contributed by atoms with Crippen LogP contribution in [0.2, 0.25) is 0 Å². The Morgan fingerprint density at radius 3 is 2.51 bits per heavy atom. The lowest BCUT2D eigenvalue weighted by Crippen LogP contribution is -2.67. The lowest BCUT2D eigenvalue weighted by molar-refractivity contribution is -0.206. The van der Waals surface area contributed by atoms with Gasteiger partial charge in [-0.05, 0) is 79.6 Å². The van der Waals surface area contributed by atoms with Crippen LogP contribution in [0.4, 0.5) is 0 Å². The van der Waals surface area contributed by atoms with Gasteiger partial charge in [-0.25, -0.2) is 0 Å². The molecule has 0 amide bonds. The Bertz CT molecular complexity index is 1130. The van der Waals surface area contributed by atoms with E-state index in [-0.39, 0.29) is 40.5 Å². The van der Waals surface area contributed by atoms with Crippen molar-refractivity contribution in [3.05, 3.63) is 22.2 Å². The molecule has 190 valence electrons. The maximum Gasteiger partial charge on any atom is 0.313 e. The molecule has 1 aromatic heterocycles. The van der Waals surface area contributed by atoms with Crippen molar-refractivity contribution < 1.29 is 19.1 Å². The fourth-order valence-corrected chi connectivity index (χ4v) is 11.1. The van der Waals surface area contributed by atoms with Crippen molar-refractivity contribution in [2.24, 2.45) is 45.3 Å². The second kappa shape index (κ2) is 7.39. The molecule has 3 fully saturated rings. The highest BCUT2D eigenvalue weighted by atomic mass is 32.1. The molecule has 35 heavy (non-hydrogen) atoms. The Morgan fingerprint density at radius 1 is 1.09 bits per heavy atom. The van der Waals surface area contributed by atoms with Gasteiger partial charge in [0.15, 0.2) is 0 Å². The van der Waals surface area contributed by atoms with E-state index in [1.54, 1.807) is 7.11 Å². The van der Waals surface area contributed by atoms with Gasteiger partial charge in [0.25, 0.3) is 0 Å². The molecule has 0 aromatic carbocycles. The van der Waals surface area contributed by atoms with Crippen molar-refractivity contribution in [2.45, 2.75) is 78.6 Å². The van der Waals surface area contributed by atoms with Crippen molar-refractivity contribution in [3.8, 4) is 0 Å². The molecule has 6 aliphatic carbocycles. The van der Waals surface area contributed by atoms with Crippen molar-refractivity contribution in [1.82, 2.24) is 9.59 Å². The molecule has 1 aromatic rings. The van der Waals surface area contributed by atoms with Gasteiger partial charge in [0, 0.05) is 17.8 Å². The normalized spacial score (nSPS) is 45.2. The van der Waals surface area contributed by atoms with E-state index in [0.29, 0.717) is 18.3 Å². The first-order valence-corrected chi connectivity index (χ1v) is 14.1. The number of nitrogens with zero attached hydrogens (tertiary/aromatic N) is 2. The van der Waals surface area contributed by atoms with Crippen LogP contribution < -0.4 is 0 Å². The Labute approximate surface area is 212 Å². The molecule has 0 unspecified atom stereocenters. The molecule has 2 bridgehead atoms. The lowest BCUT2D eigenvalue weighted by Gasteiger charge is -2.71. The summed E-state index contributed by atoms with van der Waals surface area (Å²) in [5, 5.41) is 4.67. The number of allylic oxidation sites excluding steroid dienone is 2. The van der Waals surface area contributed by atoms with Crippen LogP contribution in [-0.4, -0.2) is 35.7 Å². The van der Waals surface area contributed by atoms with Gasteiger partial charge in [-0.2, -0.15) is 0 Å². The number of aromatic nitrogens is 2. The summed E-state index contributed by atoms with van der Waals surface area (Å²) in [6.45, 7) is 9.13. The zero-order valence-electron chi connectivity index (χ0n) is 21.8. The number of hydrogen-bond acceptors (Lipinski definition) is 7. The molecular weight excluding hydrogens is 460 g/mol. The smallest absolute Gasteiger partial charge is 0.313 e. The van der Waals surface area contributed by atoms with Crippen LogP contribution in [0.1, 0.15) is 82.7 Å². The average molecular weight is 499 g/mol. The van der Waals surface area contributed by atoms with Gasteiger partial charge in [-0.15, -0.1) is 5.10 Å². The molecule has 1 spiro atoms. The maximum atomic E-state index is 13.8. The number of hydrogen-bond donors (Lipinski definition) is 0. The minimum absolute atomic E-state index is 0.00514. The fourth-order valence-electron chi connectivity index (χ4n) is 10.3. The highest BCUT2D eigenvalue weighted by Crippen LogP contribution is 2.79. The summed E-state index contributed by atoms with van der Waals surface area (Å²) < 4.78 is 15.3. The highest BCUT2D eigenvalue weighted by Gasteiger charge is 2.76. The van der Waals surface area contributed by atoms with Crippen LogP contribution in [0, 0.1) is 45.3 Å². The van der Waals surface area contributed by atoms with Crippen LogP contribution >= 0.6 is 11.5 Å². The number of esters is 2. The minimum Gasteiger partial charge on any atom is -0.469 e. The average Bonchev–Trinajstić information content (AvgIpc) is 3.42. The van der Waals surface area contributed by atoms with Gasteiger partial charge in [0.2, 0.25) is 0 Å². The molecule has 7 heteroatoms. The second-order valence-corrected chi connectivity index (χ2v) is 13.7. The topological polar surface area (TPSA) is 78.4 Å². The van der Waals surface area contributed by atoms with Gasteiger partial charge in [-0.1, -0.05) is 43.3 Å². The lowest BCUT2D eigenvalue weighted by atomic mass is 9.32. The van der Waals surface area contributed by atoms with E-state index < -0.39 is 10.8 Å². The predicted molar refractivity (Wildman–Crippen MR) is 133 cm³/mol. The van der Waals surface area contributed by atoms with Crippen LogP contribution in [-0.2, 0) is 25.5 Å². The predicted octanol–water partition coefficient (Wildman–Crippen LogP) is 5.34. The van der Waals surface area contributed by atoms with Crippen molar-refractivity contribution >= 4 is 23.5 Å². The first kappa shape index (κ1) is 23.6. The number of rotatable bonds is 3. The number of carbonyl (C=O) groups is 2. The standard InChI is InChI=1S/C28H38N2O4S/c1-15(2)16-13-27-11-8-19-25(3,9-7-10-26(19,4)23(31)33-5)20(27)12-17(16)28(24(32)34-6)14-18-21(22(27)28)29-30-35-18/h13,15,17,19-20,22H,7-12,14H2,1-6H3/t17-,19+,20+,22-,25-,26+,27-,28-/m0/s1. The monoisotopic (exact) mass is 498 g/mol. The summed E-state index contributed by atoms with van der Waals surface area (Å²) in [5.41, 5.74) is 1.28. The van der Waals surface area contributed by atoms with E-state index in [2.05, 4.69) is 43.4 Å². The third kappa shape index (κ3) is 2.61. The Morgan fingerprint density at radius 2 is 1.83 bits per heavy atom.